The minimum Gasteiger partial charge on any atom is -0.481 e. The molecule has 88 valence electrons. The molecule has 4 nitrogen and oxygen atoms in total. The average Bonchev–Trinajstić information content (AvgIpc) is 2.74. The Morgan fingerprint density at radius 3 is 2.71 bits per heavy atom. The lowest BCUT2D eigenvalue weighted by Crippen LogP contribution is -2.09. The first-order chi connectivity index (χ1) is 8.11. The molecule has 17 heavy (non-hydrogen) atoms. The second-order valence-corrected chi connectivity index (χ2v) is 4.04. The van der Waals surface area contributed by atoms with Crippen molar-refractivity contribution in [3.05, 3.63) is 42.4 Å². The van der Waals surface area contributed by atoms with Crippen molar-refractivity contribution in [3.63, 3.8) is 0 Å². The summed E-state index contributed by atoms with van der Waals surface area (Å²) in [6.45, 7) is 1.69. The number of aliphatic carboxylic acids is 1. The van der Waals surface area contributed by atoms with Gasteiger partial charge >= 0.3 is 5.97 Å². The summed E-state index contributed by atoms with van der Waals surface area (Å²) in [5, 5.41) is 9.10. The summed E-state index contributed by atoms with van der Waals surface area (Å²) in [6, 6.07) is 7.53. The topological polar surface area (TPSA) is 55.1 Å². The van der Waals surface area contributed by atoms with Crippen molar-refractivity contribution in [2.75, 3.05) is 0 Å². The van der Waals surface area contributed by atoms with Crippen LogP contribution in [0.15, 0.2) is 36.8 Å². The lowest BCUT2D eigenvalue weighted by molar-refractivity contribution is -0.138. The van der Waals surface area contributed by atoms with Gasteiger partial charge in [0.25, 0.3) is 0 Å². The Morgan fingerprint density at radius 1 is 1.41 bits per heavy atom. The number of aryl methyl sites for hydroxylation is 1. The number of carboxylic acids is 1. The predicted molar refractivity (Wildman–Crippen MR) is 64.7 cm³/mol. The Balaban J connectivity index is 2.56. The number of aromatic nitrogens is 2. The summed E-state index contributed by atoms with van der Waals surface area (Å²) in [4.78, 5) is 15.1. The molecule has 0 saturated heterocycles. The van der Waals surface area contributed by atoms with Gasteiger partial charge in [0.2, 0.25) is 0 Å². The van der Waals surface area contributed by atoms with Crippen LogP contribution in [0.2, 0.25) is 0 Å². The molecular weight excluding hydrogens is 216 g/mol. The van der Waals surface area contributed by atoms with Gasteiger partial charge in [-0.2, -0.15) is 0 Å². The van der Waals surface area contributed by atoms with Gasteiger partial charge in [-0.1, -0.05) is 24.3 Å². The highest BCUT2D eigenvalue weighted by molar-refractivity contribution is 5.79. The molecule has 0 saturated carbocycles. The first kappa shape index (κ1) is 11.4. The zero-order valence-electron chi connectivity index (χ0n) is 9.79. The maximum absolute atomic E-state index is 11.1. The van der Waals surface area contributed by atoms with E-state index in [1.54, 1.807) is 19.4 Å². The number of benzene rings is 1. The number of imidazole rings is 1. The summed E-state index contributed by atoms with van der Waals surface area (Å²) in [5.74, 6) is -1.35. The average molecular weight is 230 g/mol. The first-order valence-corrected chi connectivity index (χ1v) is 5.39. The number of hydrogen-bond donors (Lipinski definition) is 1. The van der Waals surface area contributed by atoms with Crippen molar-refractivity contribution < 1.29 is 9.90 Å². The number of hydrogen-bond acceptors (Lipinski definition) is 2. The summed E-state index contributed by atoms with van der Waals surface area (Å²) < 4.78 is 1.88. The van der Waals surface area contributed by atoms with Gasteiger partial charge in [-0.15, -0.1) is 0 Å². The highest BCUT2D eigenvalue weighted by atomic mass is 16.4. The highest BCUT2D eigenvalue weighted by Crippen LogP contribution is 2.28. The van der Waals surface area contributed by atoms with Crippen LogP contribution < -0.4 is 0 Å². The van der Waals surface area contributed by atoms with Crippen LogP contribution in [-0.4, -0.2) is 20.6 Å². The first-order valence-electron chi connectivity index (χ1n) is 5.39. The molecule has 2 rings (SSSR count). The monoisotopic (exact) mass is 230 g/mol. The van der Waals surface area contributed by atoms with Crippen LogP contribution in [0.25, 0.3) is 11.3 Å². The molecule has 0 radical (unpaired) electrons. The molecule has 1 heterocycles. The molecule has 1 N–H and O–H groups in total. The number of carbonyl (C=O) groups is 1. The maximum atomic E-state index is 11.1. The van der Waals surface area contributed by atoms with Crippen LogP contribution in [0.4, 0.5) is 0 Å². The molecule has 1 aromatic carbocycles. The fourth-order valence-electron chi connectivity index (χ4n) is 1.86. The van der Waals surface area contributed by atoms with E-state index < -0.39 is 11.9 Å². The third-order valence-corrected chi connectivity index (χ3v) is 2.89. The van der Waals surface area contributed by atoms with Gasteiger partial charge in [0, 0.05) is 12.6 Å². The van der Waals surface area contributed by atoms with E-state index in [1.165, 1.54) is 0 Å². The molecule has 0 spiro atoms. The molecule has 0 aliphatic carbocycles. The summed E-state index contributed by atoms with van der Waals surface area (Å²) >= 11 is 0. The van der Waals surface area contributed by atoms with E-state index in [0.29, 0.717) is 0 Å². The van der Waals surface area contributed by atoms with E-state index in [-0.39, 0.29) is 0 Å². The number of rotatable bonds is 3. The SMILES string of the molecule is CC(C(=O)O)c1ccccc1-c1cncn1C. The van der Waals surface area contributed by atoms with E-state index in [0.717, 1.165) is 16.8 Å². The van der Waals surface area contributed by atoms with E-state index in [2.05, 4.69) is 4.98 Å². The number of nitrogens with zero attached hydrogens (tertiary/aromatic N) is 2. The van der Waals surface area contributed by atoms with Crippen molar-refractivity contribution in [1.29, 1.82) is 0 Å². The van der Waals surface area contributed by atoms with Gasteiger partial charge in [0.15, 0.2) is 0 Å². The van der Waals surface area contributed by atoms with Crippen LogP contribution in [-0.2, 0) is 11.8 Å². The third-order valence-electron chi connectivity index (χ3n) is 2.89. The zero-order chi connectivity index (χ0) is 12.4. The Hall–Kier alpha value is -2.10. The third kappa shape index (κ3) is 2.06. The normalized spacial score (nSPS) is 12.4. The van der Waals surface area contributed by atoms with Gasteiger partial charge in [-0.05, 0) is 12.5 Å². The van der Waals surface area contributed by atoms with Crippen molar-refractivity contribution >= 4 is 5.97 Å². The van der Waals surface area contributed by atoms with Crippen LogP contribution in [0.5, 0.6) is 0 Å². The maximum Gasteiger partial charge on any atom is 0.310 e. The molecule has 0 amide bonds. The molecule has 1 aromatic heterocycles. The van der Waals surface area contributed by atoms with Gasteiger partial charge in [0.1, 0.15) is 0 Å². The lowest BCUT2D eigenvalue weighted by atomic mass is 9.94. The Bertz CT molecular complexity index is 546. The summed E-state index contributed by atoms with van der Waals surface area (Å²) in [5.41, 5.74) is 2.65. The van der Waals surface area contributed by atoms with E-state index in [4.69, 9.17) is 5.11 Å². The highest BCUT2D eigenvalue weighted by Gasteiger charge is 2.18. The van der Waals surface area contributed by atoms with E-state index in [1.807, 2.05) is 35.9 Å². The van der Waals surface area contributed by atoms with Crippen LogP contribution >= 0.6 is 0 Å². The van der Waals surface area contributed by atoms with Gasteiger partial charge in [-0.3, -0.25) is 4.79 Å². The summed E-state index contributed by atoms with van der Waals surface area (Å²) in [7, 11) is 1.89. The van der Waals surface area contributed by atoms with Crippen LogP contribution in [0, 0.1) is 0 Å². The molecule has 0 fully saturated rings. The lowest BCUT2D eigenvalue weighted by Gasteiger charge is -2.13. The van der Waals surface area contributed by atoms with Crippen LogP contribution in [0.1, 0.15) is 18.4 Å². The van der Waals surface area contributed by atoms with Crippen LogP contribution in [0.3, 0.4) is 0 Å². The standard InChI is InChI=1S/C13H14N2O2/c1-9(13(16)17)10-5-3-4-6-11(10)12-7-14-8-15(12)2/h3-9H,1-2H3,(H,16,17). The Kier molecular flexibility index (Phi) is 2.95. The molecule has 4 heteroatoms. The Labute approximate surface area is 99.5 Å². The second-order valence-electron chi connectivity index (χ2n) is 4.04. The molecule has 0 bridgehead atoms. The minimum absolute atomic E-state index is 0.527. The van der Waals surface area contributed by atoms with Crippen molar-refractivity contribution in [2.45, 2.75) is 12.8 Å². The predicted octanol–water partition coefficient (Wildman–Crippen LogP) is 2.28. The zero-order valence-corrected chi connectivity index (χ0v) is 9.79. The van der Waals surface area contributed by atoms with E-state index >= 15 is 0 Å². The van der Waals surface area contributed by atoms with Crippen molar-refractivity contribution in [3.8, 4) is 11.3 Å². The molecule has 1 atom stereocenters. The molecule has 0 aliphatic rings. The quantitative estimate of drug-likeness (QED) is 0.880. The fourth-order valence-corrected chi connectivity index (χ4v) is 1.86. The fraction of sp³-hybridized carbons (Fsp3) is 0.231. The Morgan fingerprint density at radius 2 is 2.12 bits per heavy atom. The minimum atomic E-state index is -0.820. The second kappa shape index (κ2) is 4.41. The van der Waals surface area contributed by atoms with Gasteiger partial charge in [-0.25, -0.2) is 4.98 Å². The largest absolute Gasteiger partial charge is 0.481 e. The van der Waals surface area contributed by atoms with Crippen molar-refractivity contribution in [2.24, 2.45) is 7.05 Å². The molecule has 2 aromatic rings. The van der Waals surface area contributed by atoms with Gasteiger partial charge in [0.05, 0.1) is 24.1 Å². The molecular formula is C13H14N2O2. The molecule has 1 unspecified atom stereocenters. The van der Waals surface area contributed by atoms with Gasteiger partial charge < -0.3 is 9.67 Å². The number of carboxylic acid groups (broad SMARTS) is 1. The summed E-state index contributed by atoms with van der Waals surface area (Å²) in [6.07, 6.45) is 3.45. The molecule has 0 aliphatic heterocycles. The van der Waals surface area contributed by atoms with Crippen molar-refractivity contribution in [1.82, 2.24) is 9.55 Å². The van der Waals surface area contributed by atoms with E-state index in [9.17, 15) is 4.79 Å². The smallest absolute Gasteiger partial charge is 0.310 e.